The Morgan fingerprint density at radius 2 is 2.07 bits per heavy atom. The minimum absolute atomic E-state index is 0.0215. The number of anilines is 1. The monoisotopic (exact) mass is 407 g/mol. The molecule has 0 radical (unpaired) electrons. The number of hydrogen-bond acceptors (Lipinski definition) is 6. The summed E-state index contributed by atoms with van der Waals surface area (Å²) in [7, 11) is 1.65. The summed E-state index contributed by atoms with van der Waals surface area (Å²) >= 11 is 0. The van der Waals surface area contributed by atoms with Crippen LogP contribution in [0.2, 0.25) is 0 Å². The Kier molecular flexibility index (Phi) is 6.91. The molecule has 3 rings (SSSR count). The number of pyridine rings is 1. The van der Waals surface area contributed by atoms with Gasteiger partial charge >= 0.3 is 0 Å². The number of nitrogens with zero attached hydrogens (tertiary/aromatic N) is 3. The SMILES string of the molecule is COc1ccc(-c2cccc(NCC(C)(C)NCC(=O)N3CCCC3C#N)n2)cc1. The standard InChI is InChI=1S/C23H29N5O2/c1-23(2,26-15-22(29)28-13-5-6-18(28)14-24)16-25-21-8-4-7-20(27-21)17-9-11-19(30-3)12-10-17/h4,7-12,18,26H,5-6,13,15-16H2,1-3H3,(H,25,27). The van der Waals surface area contributed by atoms with Crippen molar-refractivity contribution in [3.8, 4) is 23.1 Å². The molecule has 30 heavy (non-hydrogen) atoms. The van der Waals surface area contributed by atoms with Crippen LogP contribution in [0.15, 0.2) is 42.5 Å². The zero-order chi connectivity index (χ0) is 21.6. The van der Waals surface area contributed by atoms with Crippen molar-refractivity contribution >= 4 is 11.7 Å². The first-order chi connectivity index (χ1) is 14.4. The van der Waals surface area contributed by atoms with E-state index in [1.165, 1.54) is 0 Å². The number of aromatic nitrogens is 1. The number of benzene rings is 1. The summed E-state index contributed by atoms with van der Waals surface area (Å²) in [5.74, 6) is 1.56. The van der Waals surface area contributed by atoms with E-state index in [0.717, 1.165) is 35.7 Å². The van der Waals surface area contributed by atoms with E-state index in [0.29, 0.717) is 13.1 Å². The van der Waals surface area contributed by atoms with Gasteiger partial charge in [0.2, 0.25) is 5.91 Å². The number of rotatable bonds is 8. The zero-order valence-electron chi connectivity index (χ0n) is 17.8. The lowest BCUT2D eigenvalue weighted by Crippen LogP contribution is -2.50. The molecule has 2 aromatic rings. The Labute approximate surface area is 178 Å². The molecule has 0 aliphatic carbocycles. The summed E-state index contributed by atoms with van der Waals surface area (Å²) < 4.78 is 5.21. The lowest BCUT2D eigenvalue weighted by atomic mass is 10.1. The van der Waals surface area contributed by atoms with Crippen molar-refractivity contribution in [2.75, 3.05) is 32.1 Å². The molecule has 1 aliphatic heterocycles. The van der Waals surface area contributed by atoms with Gasteiger partial charge in [0.05, 0.1) is 25.4 Å². The molecule has 1 aromatic carbocycles. The smallest absolute Gasteiger partial charge is 0.237 e. The van der Waals surface area contributed by atoms with Gasteiger partial charge in [0.1, 0.15) is 17.6 Å². The van der Waals surface area contributed by atoms with E-state index in [9.17, 15) is 4.79 Å². The molecule has 1 fully saturated rings. The third-order valence-electron chi connectivity index (χ3n) is 5.29. The van der Waals surface area contributed by atoms with E-state index < -0.39 is 0 Å². The highest BCUT2D eigenvalue weighted by atomic mass is 16.5. The van der Waals surface area contributed by atoms with E-state index in [1.54, 1.807) is 12.0 Å². The minimum Gasteiger partial charge on any atom is -0.497 e. The van der Waals surface area contributed by atoms with Crippen LogP contribution in [-0.4, -0.2) is 54.1 Å². The fourth-order valence-corrected chi connectivity index (χ4v) is 3.45. The summed E-state index contributed by atoms with van der Waals surface area (Å²) in [5, 5.41) is 15.8. The van der Waals surface area contributed by atoms with Crippen molar-refractivity contribution in [2.45, 2.75) is 38.3 Å². The van der Waals surface area contributed by atoms with Crippen LogP contribution in [0, 0.1) is 11.3 Å². The Morgan fingerprint density at radius 3 is 2.77 bits per heavy atom. The van der Waals surface area contributed by atoms with Crippen LogP contribution in [0.1, 0.15) is 26.7 Å². The molecule has 7 heteroatoms. The first kappa shape index (κ1) is 21.6. The van der Waals surface area contributed by atoms with Crippen molar-refractivity contribution in [1.82, 2.24) is 15.2 Å². The van der Waals surface area contributed by atoms with Gasteiger partial charge in [-0.25, -0.2) is 4.98 Å². The predicted octanol–water partition coefficient (Wildman–Crippen LogP) is 3.05. The number of carbonyl (C=O) groups excluding carboxylic acids is 1. The van der Waals surface area contributed by atoms with Crippen LogP contribution < -0.4 is 15.4 Å². The van der Waals surface area contributed by atoms with Gasteiger partial charge in [0, 0.05) is 24.2 Å². The molecule has 0 bridgehead atoms. The third-order valence-corrected chi connectivity index (χ3v) is 5.29. The maximum Gasteiger partial charge on any atom is 0.237 e. The average molecular weight is 408 g/mol. The van der Waals surface area contributed by atoms with Gasteiger partial charge in [-0.15, -0.1) is 0 Å². The summed E-state index contributed by atoms with van der Waals surface area (Å²) in [6, 6.07) is 15.6. The number of nitriles is 1. The van der Waals surface area contributed by atoms with Crippen LogP contribution in [0.5, 0.6) is 5.75 Å². The molecule has 2 heterocycles. The number of nitrogens with one attached hydrogen (secondary N) is 2. The second-order valence-electron chi connectivity index (χ2n) is 8.10. The van der Waals surface area contributed by atoms with Gasteiger partial charge in [0.25, 0.3) is 0 Å². The van der Waals surface area contributed by atoms with E-state index >= 15 is 0 Å². The summed E-state index contributed by atoms with van der Waals surface area (Å²) in [5.41, 5.74) is 1.57. The molecule has 0 spiro atoms. The Balaban J connectivity index is 1.55. The molecule has 158 valence electrons. The number of likely N-dealkylation sites (tertiary alicyclic amines) is 1. The summed E-state index contributed by atoms with van der Waals surface area (Å²) in [6.45, 7) is 5.55. The van der Waals surface area contributed by atoms with Crippen molar-refractivity contribution in [3.63, 3.8) is 0 Å². The van der Waals surface area contributed by atoms with Gasteiger partial charge in [-0.05, 0) is 63.1 Å². The average Bonchev–Trinajstić information content (AvgIpc) is 3.25. The van der Waals surface area contributed by atoms with Crippen LogP contribution in [0.3, 0.4) is 0 Å². The molecule has 2 N–H and O–H groups in total. The van der Waals surface area contributed by atoms with Gasteiger partial charge in [0.15, 0.2) is 0 Å². The second-order valence-corrected chi connectivity index (χ2v) is 8.10. The van der Waals surface area contributed by atoms with Crippen LogP contribution in [-0.2, 0) is 4.79 Å². The molecule has 1 saturated heterocycles. The molecule has 1 atom stereocenters. The molecule has 1 aromatic heterocycles. The van der Waals surface area contributed by atoms with E-state index in [-0.39, 0.29) is 24.0 Å². The number of methoxy groups -OCH3 is 1. The molecular formula is C23H29N5O2. The number of carbonyl (C=O) groups is 1. The van der Waals surface area contributed by atoms with E-state index in [4.69, 9.17) is 10.00 Å². The predicted molar refractivity (Wildman–Crippen MR) is 117 cm³/mol. The fourth-order valence-electron chi connectivity index (χ4n) is 3.45. The first-order valence-corrected chi connectivity index (χ1v) is 10.2. The van der Waals surface area contributed by atoms with Gasteiger partial charge < -0.3 is 20.3 Å². The van der Waals surface area contributed by atoms with Crippen LogP contribution in [0.25, 0.3) is 11.3 Å². The topological polar surface area (TPSA) is 90.3 Å². The largest absolute Gasteiger partial charge is 0.497 e. The van der Waals surface area contributed by atoms with Crippen LogP contribution in [0.4, 0.5) is 5.82 Å². The molecule has 1 unspecified atom stereocenters. The second kappa shape index (κ2) is 9.59. The van der Waals surface area contributed by atoms with Gasteiger partial charge in [-0.1, -0.05) is 6.07 Å². The van der Waals surface area contributed by atoms with Gasteiger partial charge in [-0.2, -0.15) is 5.26 Å². The number of amides is 1. The lowest BCUT2D eigenvalue weighted by Gasteiger charge is -2.28. The molecule has 1 amide bonds. The summed E-state index contributed by atoms with van der Waals surface area (Å²) in [6.07, 6.45) is 1.66. The number of ether oxygens (including phenoxy) is 1. The number of hydrogen-bond donors (Lipinski definition) is 2. The highest BCUT2D eigenvalue weighted by molar-refractivity contribution is 5.79. The maximum absolute atomic E-state index is 12.5. The van der Waals surface area contributed by atoms with Gasteiger partial charge in [-0.3, -0.25) is 4.79 Å². The fraction of sp³-hybridized carbons (Fsp3) is 0.435. The van der Waals surface area contributed by atoms with E-state index in [1.807, 2.05) is 56.3 Å². The van der Waals surface area contributed by atoms with E-state index in [2.05, 4.69) is 21.7 Å². The van der Waals surface area contributed by atoms with Crippen molar-refractivity contribution < 1.29 is 9.53 Å². The Hall–Kier alpha value is -3.11. The van der Waals surface area contributed by atoms with Crippen molar-refractivity contribution in [2.24, 2.45) is 0 Å². The molecule has 0 saturated carbocycles. The lowest BCUT2D eigenvalue weighted by molar-refractivity contribution is -0.130. The third kappa shape index (κ3) is 5.49. The Morgan fingerprint density at radius 1 is 1.30 bits per heavy atom. The molecular weight excluding hydrogens is 378 g/mol. The first-order valence-electron chi connectivity index (χ1n) is 10.2. The van der Waals surface area contributed by atoms with Crippen LogP contribution >= 0.6 is 0 Å². The highest BCUT2D eigenvalue weighted by Crippen LogP contribution is 2.22. The highest BCUT2D eigenvalue weighted by Gasteiger charge is 2.29. The molecule has 7 nitrogen and oxygen atoms in total. The quantitative estimate of drug-likeness (QED) is 0.699. The maximum atomic E-state index is 12.5. The normalized spacial score (nSPS) is 16.2. The minimum atomic E-state index is -0.324. The van der Waals surface area contributed by atoms with Crippen molar-refractivity contribution in [1.29, 1.82) is 5.26 Å². The summed E-state index contributed by atoms with van der Waals surface area (Å²) in [4.78, 5) is 18.8. The zero-order valence-corrected chi connectivity index (χ0v) is 17.8. The molecule has 1 aliphatic rings. The Bertz CT molecular complexity index is 905. The van der Waals surface area contributed by atoms with Crippen molar-refractivity contribution in [3.05, 3.63) is 42.5 Å².